The number of ether oxygens (including phenoxy) is 3. The first-order chi connectivity index (χ1) is 10.9. The molecule has 2 aromatic carbocycles. The van der Waals surface area contributed by atoms with Crippen LogP contribution < -0.4 is 10.1 Å². The highest BCUT2D eigenvalue weighted by Gasteiger charge is 2.26. The Morgan fingerprint density at radius 1 is 1.05 bits per heavy atom. The van der Waals surface area contributed by atoms with Crippen LogP contribution in [0.4, 0.5) is 5.69 Å². The van der Waals surface area contributed by atoms with Crippen LogP contribution in [-0.2, 0) is 9.47 Å². The van der Waals surface area contributed by atoms with Crippen molar-refractivity contribution < 1.29 is 14.2 Å². The molecule has 1 heterocycles. The van der Waals surface area contributed by atoms with Gasteiger partial charge < -0.3 is 19.5 Å². The van der Waals surface area contributed by atoms with Crippen molar-refractivity contribution in [2.45, 2.75) is 12.1 Å². The normalized spacial score (nSPS) is 19.4. The molecule has 1 N–H and O–H groups in total. The molecule has 1 aliphatic rings. The fraction of sp³-hybridized carbons (Fsp3) is 0.333. The molecule has 22 heavy (non-hydrogen) atoms. The average Bonchev–Trinajstić information content (AvgIpc) is 2.61. The molecule has 2 unspecified atom stereocenters. The van der Waals surface area contributed by atoms with E-state index in [4.69, 9.17) is 14.2 Å². The van der Waals surface area contributed by atoms with E-state index in [1.165, 1.54) is 0 Å². The highest BCUT2D eigenvalue weighted by Crippen LogP contribution is 2.27. The number of hydrogen-bond donors (Lipinski definition) is 1. The molecule has 4 nitrogen and oxygen atoms in total. The minimum Gasteiger partial charge on any atom is -0.497 e. The van der Waals surface area contributed by atoms with E-state index < -0.39 is 0 Å². The first-order valence-electron chi connectivity index (χ1n) is 7.52. The number of para-hydroxylation sites is 1. The number of anilines is 1. The summed E-state index contributed by atoms with van der Waals surface area (Å²) in [4.78, 5) is 0. The average molecular weight is 299 g/mol. The first kappa shape index (κ1) is 14.9. The Bertz CT molecular complexity index is 565. The van der Waals surface area contributed by atoms with Crippen molar-refractivity contribution in [3.63, 3.8) is 0 Å². The van der Waals surface area contributed by atoms with Crippen molar-refractivity contribution in [3.05, 3.63) is 60.2 Å². The lowest BCUT2D eigenvalue weighted by Crippen LogP contribution is -2.37. The van der Waals surface area contributed by atoms with E-state index in [9.17, 15) is 0 Å². The van der Waals surface area contributed by atoms with Crippen molar-refractivity contribution in [2.24, 2.45) is 0 Å². The Morgan fingerprint density at radius 3 is 2.45 bits per heavy atom. The van der Waals surface area contributed by atoms with Crippen LogP contribution in [0.2, 0.25) is 0 Å². The lowest BCUT2D eigenvalue weighted by atomic mass is 10.0. The Labute approximate surface area is 131 Å². The van der Waals surface area contributed by atoms with Gasteiger partial charge in [0.25, 0.3) is 0 Å². The second-order valence-electron chi connectivity index (χ2n) is 5.25. The molecule has 0 aromatic heterocycles. The molecular formula is C18H21NO3. The van der Waals surface area contributed by atoms with E-state index in [-0.39, 0.29) is 12.1 Å². The maximum Gasteiger partial charge on any atom is 0.118 e. The lowest BCUT2D eigenvalue weighted by Gasteiger charge is -2.32. The quantitative estimate of drug-likeness (QED) is 0.920. The van der Waals surface area contributed by atoms with Gasteiger partial charge in [0, 0.05) is 5.69 Å². The molecule has 0 radical (unpaired) electrons. The molecule has 3 rings (SSSR count). The van der Waals surface area contributed by atoms with Crippen LogP contribution in [0.3, 0.4) is 0 Å². The minimum absolute atomic E-state index is 0.0117. The number of methoxy groups -OCH3 is 1. The summed E-state index contributed by atoms with van der Waals surface area (Å²) < 4.78 is 16.7. The maximum absolute atomic E-state index is 5.90. The summed E-state index contributed by atoms with van der Waals surface area (Å²) in [5.74, 6) is 0.850. The predicted molar refractivity (Wildman–Crippen MR) is 86.4 cm³/mol. The van der Waals surface area contributed by atoms with Crippen molar-refractivity contribution >= 4 is 5.69 Å². The van der Waals surface area contributed by atoms with Crippen LogP contribution in [0.15, 0.2) is 54.6 Å². The van der Waals surface area contributed by atoms with E-state index in [0.29, 0.717) is 19.8 Å². The van der Waals surface area contributed by atoms with E-state index >= 15 is 0 Å². The fourth-order valence-corrected chi connectivity index (χ4v) is 2.61. The van der Waals surface area contributed by atoms with E-state index in [0.717, 1.165) is 17.0 Å². The molecule has 2 atom stereocenters. The minimum atomic E-state index is -0.0117. The van der Waals surface area contributed by atoms with Crippen LogP contribution in [-0.4, -0.2) is 33.0 Å². The summed E-state index contributed by atoms with van der Waals surface area (Å²) in [5.41, 5.74) is 2.22. The molecule has 0 spiro atoms. The van der Waals surface area contributed by atoms with Crippen LogP contribution in [0, 0.1) is 0 Å². The molecular weight excluding hydrogens is 278 g/mol. The molecule has 0 amide bonds. The van der Waals surface area contributed by atoms with Crippen LogP contribution in [0.5, 0.6) is 5.75 Å². The first-order valence-corrected chi connectivity index (χ1v) is 7.52. The van der Waals surface area contributed by atoms with Crippen molar-refractivity contribution in [1.82, 2.24) is 0 Å². The van der Waals surface area contributed by atoms with Gasteiger partial charge in [-0.25, -0.2) is 0 Å². The van der Waals surface area contributed by atoms with Crippen molar-refractivity contribution in [2.75, 3.05) is 32.2 Å². The van der Waals surface area contributed by atoms with Gasteiger partial charge in [0.2, 0.25) is 0 Å². The lowest BCUT2D eigenvalue weighted by molar-refractivity contribution is -0.0950. The standard InChI is InChI=1S/C18H21NO3/c1-20-16-9-7-14(8-10-16)18(17-13-21-11-12-22-17)19-15-5-3-2-4-6-15/h2-10,17-19H,11-13H2,1H3. The van der Waals surface area contributed by atoms with Crippen LogP contribution >= 0.6 is 0 Å². The summed E-state index contributed by atoms with van der Waals surface area (Å²) in [7, 11) is 1.67. The Hall–Kier alpha value is -2.04. The van der Waals surface area contributed by atoms with Gasteiger partial charge in [-0.2, -0.15) is 0 Å². The van der Waals surface area contributed by atoms with Gasteiger partial charge in [-0.3, -0.25) is 0 Å². The number of hydrogen-bond acceptors (Lipinski definition) is 4. The van der Waals surface area contributed by atoms with Gasteiger partial charge in [-0.15, -0.1) is 0 Å². The molecule has 116 valence electrons. The Morgan fingerprint density at radius 2 is 1.82 bits per heavy atom. The zero-order valence-corrected chi connectivity index (χ0v) is 12.7. The van der Waals surface area contributed by atoms with Gasteiger partial charge in [-0.05, 0) is 29.8 Å². The van der Waals surface area contributed by atoms with E-state index in [2.05, 4.69) is 29.6 Å². The third kappa shape index (κ3) is 3.59. The SMILES string of the molecule is COc1ccc(C(Nc2ccccc2)C2COCCO2)cc1. The molecule has 0 bridgehead atoms. The summed E-state index contributed by atoms with van der Waals surface area (Å²) in [5, 5.41) is 3.56. The number of benzene rings is 2. The molecule has 1 fully saturated rings. The summed E-state index contributed by atoms with van der Waals surface area (Å²) in [6.07, 6.45) is -0.0117. The fourth-order valence-electron chi connectivity index (χ4n) is 2.61. The largest absolute Gasteiger partial charge is 0.497 e. The molecule has 4 heteroatoms. The van der Waals surface area contributed by atoms with Gasteiger partial charge >= 0.3 is 0 Å². The summed E-state index contributed by atoms with van der Waals surface area (Å²) in [6, 6.07) is 18.3. The van der Waals surface area contributed by atoms with Gasteiger partial charge in [-0.1, -0.05) is 30.3 Å². The highest BCUT2D eigenvalue weighted by molar-refractivity contribution is 5.46. The van der Waals surface area contributed by atoms with E-state index in [1.54, 1.807) is 7.11 Å². The smallest absolute Gasteiger partial charge is 0.118 e. The Kier molecular flexibility index (Phi) is 4.93. The second kappa shape index (κ2) is 7.29. The molecule has 0 aliphatic carbocycles. The second-order valence-corrected chi connectivity index (χ2v) is 5.25. The summed E-state index contributed by atoms with van der Waals surface area (Å²) >= 11 is 0. The van der Waals surface area contributed by atoms with Gasteiger partial charge in [0.1, 0.15) is 11.9 Å². The van der Waals surface area contributed by atoms with Crippen LogP contribution in [0.1, 0.15) is 11.6 Å². The topological polar surface area (TPSA) is 39.7 Å². The molecule has 2 aromatic rings. The van der Waals surface area contributed by atoms with Crippen molar-refractivity contribution in [1.29, 1.82) is 0 Å². The van der Waals surface area contributed by atoms with Crippen molar-refractivity contribution in [3.8, 4) is 5.75 Å². The summed E-state index contributed by atoms with van der Waals surface area (Å²) in [6.45, 7) is 1.89. The number of nitrogens with one attached hydrogen (secondary N) is 1. The monoisotopic (exact) mass is 299 g/mol. The maximum atomic E-state index is 5.90. The third-order valence-corrected chi connectivity index (χ3v) is 3.78. The van der Waals surface area contributed by atoms with Gasteiger partial charge in [0.15, 0.2) is 0 Å². The molecule has 1 aliphatic heterocycles. The third-order valence-electron chi connectivity index (χ3n) is 3.78. The van der Waals surface area contributed by atoms with Gasteiger partial charge in [0.05, 0.1) is 33.0 Å². The highest BCUT2D eigenvalue weighted by atomic mass is 16.6. The number of rotatable bonds is 5. The predicted octanol–water partition coefficient (Wildman–Crippen LogP) is 3.26. The molecule has 0 saturated carbocycles. The van der Waals surface area contributed by atoms with E-state index in [1.807, 2.05) is 30.3 Å². The zero-order valence-electron chi connectivity index (χ0n) is 12.7. The Balaban J connectivity index is 1.83. The zero-order chi connectivity index (χ0) is 15.2. The van der Waals surface area contributed by atoms with Crippen LogP contribution in [0.25, 0.3) is 0 Å². The molecule has 1 saturated heterocycles.